The number of unbranched alkanes of at least 4 members (excludes halogenated alkanes) is 2. The molecule has 1 aliphatic rings. The maximum Gasteiger partial charge on any atom is 0.472 e. The maximum absolute atomic E-state index is 12.7. The van der Waals surface area contributed by atoms with E-state index in [0.29, 0.717) is 36.7 Å². The molecule has 0 saturated heterocycles. The van der Waals surface area contributed by atoms with Crippen LogP contribution in [-0.2, 0) is 32.7 Å². The van der Waals surface area contributed by atoms with Gasteiger partial charge in [-0.25, -0.2) is 4.57 Å². The quantitative estimate of drug-likeness (QED) is 0.0160. The lowest BCUT2D eigenvalue weighted by Crippen LogP contribution is -2.37. The van der Waals surface area contributed by atoms with E-state index in [0.717, 1.165) is 51.4 Å². The molecule has 4 N–H and O–H groups in total. The Kier molecular flexibility index (Phi) is 31.4. The van der Waals surface area contributed by atoms with Crippen molar-refractivity contribution >= 4 is 19.8 Å². The van der Waals surface area contributed by atoms with E-state index in [-0.39, 0.29) is 37.7 Å². The molecular formula is C48H79NO11P+. The van der Waals surface area contributed by atoms with Crippen molar-refractivity contribution in [1.82, 2.24) is 0 Å². The van der Waals surface area contributed by atoms with Crippen molar-refractivity contribution in [3.8, 4) is 0 Å². The van der Waals surface area contributed by atoms with E-state index in [1.807, 2.05) is 33.3 Å². The average molecular weight is 877 g/mol. The predicted octanol–water partition coefficient (Wildman–Crippen LogP) is 8.95. The Morgan fingerprint density at radius 2 is 1.34 bits per heavy atom. The van der Waals surface area contributed by atoms with Crippen molar-refractivity contribution in [3.05, 3.63) is 97.2 Å². The minimum Gasteiger partial charge on any atom is -0.461 e. The number of phosphoric acid groups is 1. The standard InChI is InChI=1S/C48H78NO11P/c1-6-8-10-11-12-13-14-15-16-17-18-19-20-21-22-23-24-25-27-33-48(54)60-42(40-59-61(55,56)58-37-36-49(3,4)5)39-57-47(53)32-29-28-31-43-44(46(52)38-45(43)51)35-34-41(50)30-26-9-7-2/h8,10,12-13,15-16,18-19,21-22,24-25,28-29,34-35,41-46,50-52H,6-7,9,11,14,17,20,23,26-27,30-33,36-40H2,1-5H3/p+1/b10-8-,13-12-,16-15-,19-18-,22-21-,25-24-,29-28-,35-34+/t41-,42-,43+,44-,45+,46-/m1/s1. The highest BCUT2D eigenvalue weighted by molar-refractivity contribution is 7.47. The number of ether oxygens (including phenoxy) is 2. The largest absolute Gasteiger partial charge is 0.472 e. The monoisotopic (exact) mass is 877 g/mol. The van der Waals surface area contributed by atoms with Gasteiger partial charge in [0.1, 0.15) is 19.8 Å². The first-order chi connectivity index (χ1) is 29.2. The fourth-order valence-corrected chi connectivity index (χ4v) is 6.93. The molecule has 13 heteroatoms. The Labute approximate surface area is 367 Å². The molecule has 1 unspecified atom stereocenters. The van der Waals surface area contributed by atoms with Crippen LogP contribution in [0.4, 0.5) is 0 Å². The number of phosphoric ester groups is 1. The average Bonchev–Trinajstić information content (AvgIpc) is 3.47. The van der Waals surface area contributed by atoms with Gasteiger partial charge < -0.3 is 34.2 Å². The van der Waals surface area contributed by atoms with Gasteiger partial charge in [0, 0.05) is 18.8 Å². The second-order valence-electron chi connectivity index (χ2n) is 16.3. The van der Waals surface area contributed by atoms with Gasteiger partial charge in [-0.05, 0) is 63.7 Å². The summed E-state index contributed by atoms with van der Waals surface area (Å²) in [6.45, 7) is 3.71. The van der Waals surface area contributed by atoms with Crippen molar-refractivity contribution in [2.24, 2.45) is 11.8 Å². The van der Waals surface area contributed by atoms with Crippen LogP contribution in [0, 0.1) is 11.8 Å². The van der Waals surface area contributed by atoms with E-state index in [1.54, 1.807) is 24.3 Å². The number of quaternary nitrogens is 1. The molecule has 0 heterocycles. The summed E-state index contributed by atoms with van der Waals surface area (Å²) < 4.78 is 34.1. The van der Waals surface area contributed by atoms with E-state index >= 15 is 0 Å². The van der Waals surface area contributed by atoms with Crippen LogP contribution in [0.25, 0.3) is 0 Å². The minimum atomic E-state index is -4.48. The number of hydrogen-bond donors (Lipinski definition) is 4. The maximum atomic E-state index is 12.7. The second-order valence-corrected chi connectivity index (χ2v) is 17.8. The predicted molar refractivity (Wildman–Crippen MR) is 244 cm³/mol. The van der Waals surface area contributed by atoms with Gasteiger partial charge in [0.15, 0.2) is 6.10 Å². The lowest BCUT2D eigenvalue weighted by molar-refractivity contribution is -0.870. The normalized spacial score (nSPS) is 21.1. The highest BCUT2D eigenvalue weighted by Gasteiger charge is 2.39. The fourth-order valence-electron chi connectivity index (χ4n) is 6.19. The number of aliphatic hydroxyl groups is 3. The lowest BCUT2D eigenvalue weighted by atomic mass is 9.89. The molecule has 0 aromatic heterocycles. The Morgan fingerprint density at radius 3 is 1.92 bits per heavy atom. The molecule has 0 spiro atoms. The van der Waals surface area contributed by atoms with Gasteiger partial charge in [0.25, 0.3) is 0 Å². The highest BCUT2D eigenvalue weighted by Crippen LogP contribution is 2.43. The van der Waals surface area contributed by atoms with Gasteiger partial charge in [0.2, 0.25) is 0 Å². The van der Waals surface area contributed by atoms with Crippen LogP contribution in [0.5, 0.6) is 0 Å². The number of hydrogen-bond acceptors (Lipinski definition) is 10. The van der Waals surface area contributed by atoms with Gasteiger partial charge in [0.05, 0.1) is 52.5 Å². The molecule has 61 heavy (non-hydrogen) atoms. The molecule has 1 aliphatic carbocycles. The molecule has 0 radical (unpaired) electrons. The Hall–Kier alpha value is -3.19. The fraction of sp³-hybridized carbons (Fsp3) is 0.625. The summed E-state index contributed by atoms with van der Waals surface area (Å²) in [6, 6.07) is 0. The summed E-state index contributed by atoms with van der Waals surface area (Å²) in [5.41, 5.74) is 0. The summed E-state index contributed by atoms with van der Waals surface area (Å²) in [6.07, 6.45) is 38.9. The zero-order valence-electron chi connectivity index (χ0n) is 37.7. The van der Waals surface area contributed by atoms with Gasteiger partial charge in [-0.2, -0.15) is 0 Å². The number of carbonyl (C=O) groups is 2. The zero-order valence-corrected chi connectivity index (χ0v) is 38.6. The number of allylic oxidation sites excluding steroid dienone is 13. The molecule has 0 aliphatic heterocycles. The van der Waals surface area contributed by atoms with Crippen LogP contribution >= 0.6 is 7.82 Å². The topological polar surface area (TPSA) is 169 Å². The van der Waals surface area contributed by atoms with Crippen molar-refractivity contribution in [3.63, 3.8) is 0 Å². The van der Waals surface area contributed by atoms with Crippen molar-refractivity contribution in [2.45, 2.75) is 135 Å². The zero-order chi connectivity index (χ0) is 45.2. The van der Waals surface area contributed by atoms with Gasteiger partial charge in [-0.15, -0.1) is 0 Å². The minimum absolute atomic E-state index is 0.0378. The third-order valence-electron chi connectivity index (χ3n) is 9.71. The molecule has 346 valence electrons. The number of nitrogens with zero attached hydrogens (tertiary/aromatic N) is 1. The number of likely N-dealkylation sites (N-methyl/N-ethyl adjacent to an activating group) is 1. The molecule has 7 atom stereocenters. The second kappa shape index (κ2) is 34.3. The molecule has 0 amide bonds. The van der Waals surface area contributed by atoms with E-state index in [1.165, 1.54) is 0 Å². The molecular weight excluding hydrogens is 797 g/mol. The number of esters is 2. The lowest BCUT2D eigenvalue weighted by Gasteiger charge is -2.24. The molecule has 1 saturated carbocycles. The first kappa shape index (κ1) is 55.8. The van der Waals surface area contributed by atoms with E-state index < -0.39 is 57.4 Å². The van der Waals surface area contributed by atoms with Crippen LogP contribution in [-0.4, -0.2) is 109 Å². The van der Waals surface area contributed by atoms with Crippen LogP contribution in [0.3, 0.4) is 0 Å². The van der Waals surface area contributed by atoms with E-state index in [2.05, 4.69) is 74.6 Å². The SMILES string of the molecule is CC/C=C\C/C=C\C/C=C\C/C=C\C/C=C\C/C=C\CCC(=O)O[C@H](COC(=O)C/C=C\C[C@H]1[C@@H](/C=C/[C@H](O)CCCCC)[C@H](O)C[C@@H]1O)COP(=O)(O)OCC[N+](C)(C)C. The van der Waals surface area contributed by atoms with Crippen molar-refractivity contribution < 1.29 is 57.4 Å². The smallest absolute Gasteiger partial charge is 0.461 e. The van der Waals surface area contributed by atoms with Gasteiger partial charge in [-0.1, -0.05) is 130 Å². The molecule has 0 aromatic carbocycles. The van der Waals surface area contributed by atoms with Crippen LogP contribution in [0.2, 0.25) is 0 Å². The number of aliphatic hydroxyl groups excluding tert-OH is 3. The molecule has 12 nitrogen and oxygen atoms in total. The molecule has 1 fully saturated rings. The molecule has 1 rings (SSSR count). The van der Waals surface area contributed by atoms with Gasteiger partial charge >= 0.3 is 19.8 Å². The van der Waals surface area contributed by atoms with Crippen LogP contribution in [0.1, 0.15) is 110 Å². The summed E-state index contributed by atoms with van der Waals surface area (Å²) in [7, 11) is 1.24. The van der Waals surface area contributed by atoms with E-state index in [9.17, 15) is 34.4 Å². The summed E-state index contributed by atoms with van der Waals surface area (Å²) in [4.78, 5) is 35.6. The molecule has 0 aromatic rings. The third-order valence-corrected chi connectivity index (χ3v) is 10.7. The van der Waals surface area contributed by atoms with Crippen LogP contribution in [0.15, 0.2) is 97.2 Å². The van der Waals surface area contributed by atoms with E-state index in [4.69, 9.17) is 18.5 Å². The van der Waals surface area contributed by atoms with Crippen LogP contribution < -0.4 is 0 Å². The Bertz CT molecular complexity index is 1480. The highest BCUT2D eigenvalue weighted by atomic mass is 31.2. The number of carbonyl (C=O) groups excluding carboxylic acids is 2. The summed E-state index contributed by atoms with van der Waals surface area (Å²) >= 11 is 0. The first-order valence-corrected chi connectivity index (χ1v) is 23.7. The van der Waals surface area contributed by atoms with Gasteiger partial charge in [-0.3, -0.25) is 18.6 Å². The van der Waals surface area contributed by atoms with Crippen molar-refractivity contribution in [1.29, 1.82) is 0 Å². The summed E-state index contributed by atoms with van der Waals surface area (Å²) in [5.74, 6) is -1.83. The third kappa shape index (κ3) is 31.3. The molecule has 0 bridgehead atoms. The summed E-state index contributed by atoms with van der Waals surface area (Å²) in [5, 5.41) is 31.4. The van der Waals surface area contributed by atoms with Crippen molar-refractivity contribution in [2.75, 3.05) is 47.5 Å². The first-order valence-electron chi connectivity index (χ1n) is 22.2. The number of rotatable bonds is 34. The Morgan fingerprint density at radius 1 is 0.754 bits per heavy atom. The Balaban J connectivity index is 2.60.